The molecule has 6 heteroatoms. The summed E-state index contributed by atoms with van der Waals surface area (Å²) in [6, 6.07) is 11.1. The molecule has 1 N–H and O–H groups in total. The molecule has 3 rings (SSSR count). The van der Waals surface area contributed by atoms with E-state index in [9.17, 15) is 18.3 Å². The van der Waals surface area contributed by atoms with Crippen molar-refractivity contribution in [3.63, 3.8) is 0 Å². The molecule has 0 aliphatic rings. The van der Waals surface area contributed by atoms with Crippen LogP contribution in [0, 0.1) is 0 Å². The highest BCUT2D eigenvalue weighted by atomic mass is 19.4. The number of benzene rings is 2. The normalized spacial score (nSPS) is 12.0. The number of fused-ring (bicyclic) bond motifs is 1. The average Bonchev–Trinajstić information content (AvgIpc) is 2.92. The zero-order chi connectivity index (χ0) is 15.7. The van der Waals surface area contributed by atoms with Gasteiger partial charge < -0.3 is 5.11 Å². The summed E-state index contributed by atoms with van der Waals surface area (Å²) in [4.78, 5) is 0. The number of aliphatic hydroxyl groups is 1. The Labute approximate surface area is 124 Å². The molecule has 0 unspecified atom stereocenters. The fourth-order valence-corrected chi connectivity index (χ4v) is 2.46. The Kier molecular flexibility index (Phi) is 3.62. The van der Waals surface area contributed by atoms with Gasteiger partial charge in [0.1, 0.15) is 6.54 Å². The number of aliphatic hydroxyl groups excluding tert-OH is 1. The van der Waals surface area contributed by atoms with Crippen molar-refractivity contribution < 1.29 is 18.3 Å². The van der Waals surface area contributed by atoms with Crippen LogP contribution in [0.3, 0.4) is 0 Å². The lowest BCUT2D eigenvalue weighted by molar-refractivity contribution is -0.142. The van der Waals surface area contributed by atoms with Crippen LogP contribution in [0.2, 0.25) is 0 Å². The summed E-state index contributed by atoms with van der Waals surface area (Å²) in [5, 5.41) is 14.8. The maximum atomic E-state index is 12.4. The summed E-state index contributed by atoms with van der Waals surface area (Å²) >= 11 is 0. The van der Waals surface area contributed by atoms with E-state index in [1.165, 1.54) is 12.4 Å². The van der Waals surface area contributed by atoms with Gasteiger partial charge in [0.15, 0.2) is 0 Å². The molecule has 1 aromatic heterocycles. The Morgan fingerprint density at radius 3 is 2.68 bits per heavy atom. The number of hydrogen-bond donors (Lipinski definition) is 1. The maximum Gasteiger partial charge on any atom is 0.408 e. The quantitative estimate of drug-likeness (QED) is 0.800. The molecule has 0 saturated carbocycles. The van der Waals surface area contributed by atoms with Gasteiger partial charge in [0.05, 0.1) is 12.8 Å². The summed E-state index contributed by atoms with van der Waals surface area (Å²) in [6.45, 7) is -1.16. The van der Waals surface area contributed by atoms with Gasteiger partial charge >= 0.3 is 6.18 Å². The Morgan fingerprint density at radius 2 is 1.95 bits per heavy atom. The smallest absolute Gasteiger partial charge is 0.392 e. The van der Waals surface area contributed by atoms with Crippen LogP contribution in [0.5, 0.6) is 0 Å². The third-order valence-corrected chi connectivity index (χ3v) is 3.41. The van der Waals surface area contributed by atoms with E-state index in [4.69, 9.17) is 0 Å². The molecule has 0 bridgehead atoms. The van der Waals surface area contributed by atoms with Crippen molar-refractivity contribution in [1.82, 2.24) is 9.78 Å². The Balaban J connectivity index is 2.03. The molecule has 3 aromatic rings. The SMILES string of the molecule is OCc1ccc2c(-c3cnn(CC(F)(F)F)c3)cccc2c1. The molecule has 114 valence electrons. The predicted octanol–water partition coefficient (Wildman–Crippen LogP) is 3.76. The van der Waals surface area contributed by atoms with Gasteiger partial charge in [0.2, 0.25) is 0 Å². The van der Waals surface area contributed by atoms with E-state index in [0.29, 0.717) is 5.56 Å². The molecular formula is C16H13F3N2O. The highest BCUT2D eigenvalue weighted by Gasteiger charge is 2.28. The van der Waals surface area contributed by atoms with E-state index in [1.54, 1.807) is 6.07 Å². The van der Waals surface area contributed by atoms with Crippen LogP contribution in [0.1, 0.15) is 5.56 Å². The first-order valence-electron chi connectivity index (χ1n) is 6.68. The molecule has 0 amide bonds. The van der Waals surface area contributed by atoms with Crippen molar-refractivity contribution in [2.24, 2.45) is 0 Å². The van der Waals surface area contributed by atoms with E-state index >= 15 is 0 Å². The first-order valence-corrected chi connectivity index (χ1v) is 6.68. The van der Waals surface area contributed by atoms with Gasteiger partial charge in [-0.1, -0.05) is 30.3 Å². The van der Waals surface area contributed by atoms with Crippen LogP contribution in [-0.4, -0.2) is 21.1 Å². The molecule has 1 heterocycles. The number of rotatable bonds is 3. The Bertz CT molecular complexity index is 809. The van der Waals surface area contributed by atoms with Gasteiger partial charge in [0, 0.05) is 11.8 Å². The van der Waals surface area contributed by atoms with E-state index < -0.39 is 12.7 Å². The lowest BCUT2D eigenvalue weighted by Crippen LogP contribution is -2.17. The van der Waals surface area contributed by atoms with Gasteiger partial charge in [-0.25, -0.2) is 0 Å². The van der Waals surface area contributed by atoms with Crippen molar-refractivity contribution >= 4 is 10.8 Å². The standard InChI is InChI=1S/C16H13F3N2O/c17-16(18,19)10-21-8-13(7-20-21)14-3-1-2-12-6-11(9-22)4-5-15(12)14/h1-8,22H,9-10H2. The van der Waals surface area contributed by atoms with Crippen molar-refractivity contribution in [2.45, 2.75) is 19.3 Å². The molecule has 0 aliphatic heterocycles. The summed E-state index contributed by atoms with van der Waals surface area (Å²) in [5.74, 6) is 0. The van der Waals surface area contributed by atoms with Crippen LogP contribution < -0.4 is 0 Å². The highest BCUT2D eigenvalue weighted by molar-refractivity contribution is 5.96. The minimum atomic E-state index is -4.29. The van der Waals surface area contributed by atoms with E-state index in [0.717, 1.165) is 26.6 Å². The first-order chi connectivity index (χ1) is 10.5. The predicted molar refractivity (Wildman–Crippen MR) is 77.1 cm³/mol. The van der Waals surface area contributed by atoms with Crippen LogP contribution in [0.4, 0.5) is 13.2 Å². The summed E-state index contributed by atoms with van der Waals surface area (Å²) in [7, 11) is 0. The van der Waals surface area contributed by atoms with Gasteiger partial charge in [-0.3, -0.25) is 4.68 Å². The number of aromatic nitrogens is 2. The van der Waals surface area contributed by atoms with Crippen LogP contribution in [0.25, 0.3) is 21.9 Å². The molecular weight excluding hydrogens is 293 g/mol. The molecule has 0 fully saturated rings. The molecule has 0 radical (unpaired) electrons. The van der Waals surface area contributed by atoms with Gasteiger partial charge in [-0.15, -0.1) is 0 Å². The van der Waals surface area contributed by atoms with E-state index in [1.807, 2.05) is 30.3 Å². The molecule has 3 nitrogen and oxygen atoms in total. The molecule has 2 aromatic carbocycles. The summed E-state index contributed by atoms with van der Waals surface area (Å²) in [6.07, 6.45) is -1.47. The largest absolute Gasteiger partial charge is 0.408 e. The first kappa shape index (κ1) is 14.6. The molecule has 0 atom stereocenters. The molecule has 0 saturated heterocycles. The lowest BCUT2D eigenvalue weighted by atomic mass is 9.99. The number of nitrogens with zero attached hydrogens (tertiary/aromatic N) is 2. The third-order valence-electron chi connectivity index (χ3n) is 3.41. The topological polar surface area (TPSA) is 38.1 Å². The molecule has 0 aliphatic carbocycles. The summed E-state index contributed by atoms with van der Waals surface area (Å²) < 4.78 is 38.1. The van der Waals surface area contributed by atoms with Crippen molar-refractivity contribution in [3.05, 3.63) is 54.4 Å². The number of alkyl halides is 3. The van der Waals surface area contributed by atoms with Crippen LogP contribution >= 0.6 is 0 Å². The fourth-order valence-electron chi connectivity index (χ4n) is 2.46. The van der Waals surface area contributed by atoms with E-state index in [2.05, 4.69) is 5.10 Å². The zero-order valence-corrected chi connectivity index (χ0v) is 11.5. The number of hydrogen-bond acceptors (Lipinski definition) is 2. The maximum absolute atomic E-state index is 12.4. The monoisotopic (exact) mass is 306 g/mol. The second kappa shape index (κ2) is 5.46. The zero-order valence-electron chi connectivity index (χ0n) is 11.5. The third kappa shape index (κ3) is 2.96. The number of halogens is 3. The molecule has 0 spiro atoms. The second-order valence-corrected chi connectivity index (χ2v) is 5.06. The van der Waals surface area contributed by atoms with Gasteiger partial charge in [-0.2, -0.15) is 18.3 Å². The van der Waals surface area contributed by atoms with Crippen LogP contribution in [0.15, 0.2) is 48.8 Å². The van der Waals surface area contributed by atoms with Crippen molar-refractivity contribution in [2.75, 3.05) is 0 Å². The van der Waals surface area contributed by atoms with Crippen molar-refractivity contribution in [3.8, 4) is 11.1 Å². The minimum Gasteiger partial charge on any atom is -0.392 e. The van der Waals surface area contributed by atoms with Crippen LogP contribution in [-0.2, 0) is 13.2 Å². The summed E-state index contributed by atoms with van der Waals surface area (Å²) in [5.41, 5.74) is 2.24. The highest BCUT2D eigenvalue weighted by Crippen LogP contribution is 2.29. The average molecular weight is 306 g/mol. The lowest BCUT2D eigenvalue weighted by Gasteiger charge is -2.07. The van der Waals surface area contributed by atoms with Crippen molar-refractivity contribution in [1.29, 1.82) is 0 Å². The Morgan fingerprint density at radius 1 is 1.14 bits per heavy atom. The van der Waals surface area contributed by atoms with Gasteiger partial charge in [-0.05, 0) is 28.0 Å². The second-order valence-electron chi connectivity index (χ2n) is 5.06. The van der Waals surface area contributed by atoms with Gasteiger partial charge in [0.25, 0.3) is 0 Å². The fraction of sp³-hybridized carbons (Fsp3) is 0.188. The molecule has 22 heavy (non-hydrogen) atoms. The Hall–Kier alpha value is -2.34. The van der Waals surface area contributed by atoms with E-state index in [-0.39, 0.29) is 6.61 Å². The minimum absolute atomic E-state index is 0.0519.